The highest BCUT2D eigenvalue weighted by atomic mass is 79.9. The summed E-state index contributed by atoms with van der Waals surface area (Å²) in [5, 5.41) is 12.8. The molecule has 0 fully saturated rings. The van der Waals surface area contributed by atoms with Crippen LogP contribution in [0.4, 0.5) is 5.82 Å². The summed E-state index contributed by atoms with van der Waals surface area (Å²) in [6.07, 6.45) is 1.75. The van der Waals surface area contributed by atoms with Crippen molar-refractivity contribution in [3.8, 4) is 5.75 Å². The number of rotatable bonds is 5. The molecule has 0 amide bonds. The Bertz CT molecular complexity index is 590. The fraction of sp³-hybridized carbons (Fsp3) is 0.267. The van der Waals surface area contributed by atoms with Crippen molar-refractivity contribution < 1.29 is 9.84 Å². The fourth-order valence-electron chi connectivity index (χ4n) is 1.89. The first-order valence-electron chi connectivity index (χ1n) is 6.27. The zero-order chi connectivity index (χ0) is 14.5. The van der Waals surface area contributed by atoms with E-state index in [1.54, 1.807) is 13.3 Å². The van der Waals surface area contributed by atoms with Crippen molar-refractivity contribution in [3.05, 3.63) is 52.1 Å². The molecule has 0 bridgehead atoms. The third-order valence-electron chi connectivity index (χ3n) is 3.05. The zero-order valence-corrected chi connectivity index (χ0v) is 13.0. The Kier molecular flexibility index (Phi) is 4.98. The Hall–Kier alpha value is -1.59. The van der Waals surface area contributed by atoms with E-state index in [2.05, 4.69) is 26.2 Å². The molecule has 0 saturated carbocycles. The van der Waals surface area contributed by atoms with E-state index in [-0.39, 0.29) is 12.6 Å². The number of aliphatic hydroxyl groups excluding tert-OH is 1. The number of aliphatic hydroxyl groups is 1. The van der Waals surface area contributed by atoms with Crippen LogP contribution in [0.3, 0.4) is 0 Å². The van der Waals surface area contributed by atoms with E-state index in [0.29, 0.717) is 0 Å². The maximum atomic E-state index is 9.59. The van der Waals surface area contributed by atoms with Gasteiger partial charge in [-0.25, -0.2) is 4.98 Å². The van der Waals surface area contributed by atoms with Gasteiger partial charge in [0.2, 0.25) is 0 Å². The second kappa shape index (κ2) is 6.72. The van der Waals surface area contributed by atoms with Crippen molar-refractivity contribution in [2.45, 2.75) is 13.0 Å². The molecule has 5 heteroatoms. The molecule has 0 aliphatic heterocycles. The predicted octanol–water partition coefficient (Wildman–Crippen LogP) is 3.31. The molecule has 1 heterocycles. The van der Waals surface area contributed by atoms with Crippen LogP contribution in [0.15, 0.2) is 41.0 Å². The van der Waals surface area contributed by atoms with Gasteiger partial charge in [-0.2, -0.15) is 0 Å². The van der Waals surface area contributed by atoms with Gasteiger partial charge in [0.1, 0.15) is 11.6 Å². The number of benzene rings is 1. The van der Waals surface area contributed by atoms with Gasteiger partial charge in [0, 0.05) is 10.7 Å². The largest absolute Gasteiger partial charge is 0.497 e. The molecule has 2 rings (SSSR count). The normalized spacial score (nSPS) is 12.0. The van der Waals surface area contributed by atoms with Crippen molar-refractivity contribution in [3.63, 3.8) is 0 Å². The summed E-state index contributed by atoms with van der Waals surface area (Å²) in [7, 11) is 1.63. The van der Waals surface area contributed by atoms with Crippen LogP contribution in [0.2, 0.25) is 0 Å². The second-order valence-electron chi connectivity index (χ2n) is 4.47. The standard InChI is InChI=1S/C15H17BrN2O2/c1-10-6-15(17-8-13(10)16)18-14(9-19)11-4-3-5-12(7-11)20-2/h3-8,14,19H,9H2,1-2H3,(H,17,18). The first-order chi connectivity index (χ1) is 9.63. The minimum absolute atomic E-state index is 0.0239. The smallest absolute Gasteiger partial charge is 0.126 e. The molecular formula is C15H17BrN2O2. The van der Waals surface area contributed by atoms with Gasteiger partial charge in [-0.1, -0.05) is 12.1 Å². The van der Waals surface area contributed by atoms with Crippen LogP contribution >= 0.6 is 15.9 Å². The third kappa shape index (κ3) is 3.49. The van der Waals surface area contributed by atoms with Crippen LogP contribution in [0.25, 0.3) is 0 Å². The van der Waals surface area contributed by atoms with Gasteiger partial charge >= 0.3 is 0 Å². The lowest BCUT2D eigenvalue weighted by atomic mass is 10.1. The molecular weight excluding hydrogens is 320 g/mol. The number of pyridine rings is 1. The quantitative estimate of drug-likeness (QED) is 0.879. The number of methoxy groups -OCH3 is 1. The molecule has 4 nitrogen and oxygen atoms in total. The van der Waals surface area contributed by atoms with Gasteiger partial charge in [0.25, 0.3) is 0 Å². The highest BCUT2D eigenvalue weighted by Crippen LogP contribution is 2.24. The molecule has 0 aliphatic rings. The lowest BCUT2D eigenvalue weighted by molar-refractivity contribution is 0.276. The number of nitrogens with one attached hydrogen (secondary N) is 1. The van der Waals surface area contributed by atoms with E-state index in [4.69, 9.17) is 4.74 Å². The van der Waals surface area contributed by atoms with Gasteiger partial charge in [0.15, 0.2) is 0 Å². The molecule has 1 atom stereocenters. The van der Waals surface area contributed by atoms with E-state index < -0.39 is 0 Å². The monoisotopic (exact) mass is 336 g/mol. The Balaban J connectivity index is 2.21. The molecule has 0 aliphatic carbocycles. The van der Waals surface area contributed by atoms with Crippen LogP contribution in [0, 0.1) is 6.92 Å². The highest BCUT2D eigenvalue weighted by molar-refractivity contribution is 9.10. The molecule has 106 valence electrons. The molecule has 2 aromatic rings. The summed E-state index contributed by atoms with van der Waals surface area (Å²) >= 11 is 3.42. The van der Waals surface area contributed by atoms with E-state index >= 15 is 0 Å². The number of nitrogens with zero attached hydrogens (tertiary/aromatic N) is 1. The Morgan fingerprint density at radius 2 is 2.20 bits per heavy atom. The molecule has 20 heavy (non-hydrogen) atoms. The Morgan fingerprint density at radius 3 is 2.85 bits per heavy atom. The summed E-state index contributed by atoms with van der Waals surface area (Å²) in [6, 6.07) is 9.34. The lowest BCUT2D eigenvalue weighted by Crippen LogP contribution is -2.15. The number of aromatic nitrogens is 1. The third-order valence-corrected chi connectivity index (χ3v) is 3.88. The zero-order valence-electron chi connectivity index (χ0n) is 11.4. The minimum Gasteiger partial charge on any atom is -0.497 e. The van der Waals surface area contributed by atoms with Crippen LogP contribution in [-0.2, 0) is 0 Å². The number of hydrogen-bond acceptors (Lipinski definition) is 4. The fourth-order valence-corrected chi connectivity index (χ4v) is 2.11. The van der Waals surface area contributed by atoms with E-state index in [1.807, 2.05) is 37.3 Å². The maximum absolute atomic E-state index is 9.59. The molecule has 0 spiro atoms. The molecule has 0 saturated heterocycles. The summed E-state index contributed by atoms with van der Waals surface area (Å²) < 4.78 is 6.17. The molecule has 1 unspecified atom stereocenters. The van der Waals surface area contributed by atoms with E-state index in [1.165, 1.54) is 0 Å². The molecule has 1 aromatic carbocycles. The SMILES string of the molecule is COc1cccc(C(CO)Nc2cc(C)c(Br)cn2)c1. The predicted molar refractivity (Wildman–Crippen MR) is 83.1 cm³/mol. The summed E-state index contributed by atoms with van der Waals surface area (Å²) in [4.78, 5) is 4.29. The Morgan fingerprint density at radius 1 is 1.40 bits per heavy atom. The average molecular weight is 337 g/mol. The van der Waals surface area contributed by atoms with Gasteiger partial charge in [0.05, 0.1) is 19.8 Å². The minimum atomic E-state index is -0.224. The number of ether oxygens (including phenoxy) is 1. The van der Waals surface area contributed by atoms with Gasteiger partial charge in [-0.15, -0.1) is 0 Å². The first kappa shape index (κ1) is 14.8. The maximum Gasteiger partial charge on any atom is 0.126 e. The highest BCUT2D eigenvalue weighted by Gasteiger charge is 2.12. The van der Waals surface area contributed by atoms with E-state index in [0.717, 1.165) is 27.2 Å². The van der Waals surface area contributed by atoms with Crippen LogP contribution < -0.4 is 10.1 Å². The molecule has 1 aromatic heterocycles. The molecule has 2 N–H and O–H groups in total. The number of halogens is 1. The molecule has 0 radical (unpaired) electrons. The number of aryl methyl sites for hydroxylation is 1. The number of anilines is 1. The van der Waals surface area contributed by atoms with Crippen LogP contribution in [0.1, 0.15) is 17.2 Å². The lowest BCUT2D eigenvalue weighted by Gasteiger charge is -2.18. The average Bonchev–Trinajstić information content (AvgIpc) is 2.48. The van der Waals surface area contributed by atoms with Crippen LogP contribution in [-0.4, -0.2) is 23.8 Å². The van der Waals surface area contributed by atoms with Gasteiger partial charge < -0.3 is 15.2 Å². The van der Waals surface area contributed by atoms with Crippen molar-refractivity contribution in [1.82, 2.24) is 4.98 Å². The van der Waals surface area contributed by atoms with E-state index in [9.17, 15) is 5.11 Å². The summed E-state index contributed by atoms with van der Waals surface area (Å²) in [6.45, 7) is 1.97. The number of hydrogen-bond donors (Lipinski definition) is 2. The van der Waals surface area contributed by atoms with Crippen molar-refractivity contribution >= 4 is 21.7 Å². The van der Waals surface area contributed by atoms with Crippen molar-refractivity contribution in [1.29, 1.82) is 0 Å². The topological polar surface area (TPSA) is 54.4 Å². The Labute approximate surface area is 126 Å². The second-order valence-corrected chi connectivity index (χ2v) is 5.33. The van der Waals surface area contributed by atoms with Crippen molar-refractivity contribution in [2.75, 3.05) is 19.0 Å². The van der Waals surface area contributed by atoms with Crippen molar-refractivity contribution in [2.24, 2.45) is 0 Å². The van der Waals surface area contributed by atoms with Gasteiger partial charge in [-0.05, 0) is 52.2 Å². The first-order valence-corrected chi connectivity index (χ1v) is 7.07. The summed E-state index contributed by atoms with van der Waals surface area (Å²) in [5.74, 6) is 1.50. The van der Waals surface area contributed by atoms with Crippen LogP contribution in [0.5, 0.6) is 5.75 Å². The van der Waals surface area contributed by atoms with Gasteiger partial charge in [-0.3, -0.25) is 0 Å². The summed E-state index contributed by atoms with van der Waals surface area (Å²) in [5.41, 5.74) is 2.04.